The highest BCUT2D eigenvalue weighted by Gasteiger charge is 2.30. The first-order chi connectivity index (χ1) is 45.8. The van der Waals surface area contributed by atoms with E-state index in [1.54, 1.807) is 6.20 Å². The number of unbranched alkanes of at least 4 members (excludes halogenated alkanes) is 4. The summed E-state index contributed by atoms with van der Waals surface area (Å²) in [5, 5.41) is 23.2. The van der Waals surface area contributed by atoms with Crippen LogP contribution in [0.4, 0.5) is 22.7 Å². The van der Waals surface area contributed by atoms with Crippen LogP contribution in [0.3, 0.4) is 0 Å². The van der Waals surface area contributed by atoms with Crippen LogP contribution < -0.4 is 95.9 Å². The summed E-state index contributed by atoms with van der Waals surface area (Å²) >= 11 is 0. The highest BCUT2D eigenvalue weighted by Crippen LogP contribution is 2.29. The molecule has 1 heterocycles. The van der Waals surface area contributed by atoms with Crippen LogP contribution in [0.25, 0.3) is 10.9 Å². The minimum atomic E-state index is -1.19. The molecule has 6 rings (SSSR count). The molecule has 28 nitrogen and oxygen atoms in total. The SMILES string of the molecule is COc1ccc(NC(=O)C(CCCCN)NC(=O)c2cc(NC(=O)C(CCCCN)NC(=O)c3cc(NC(=O)C(CCCCN)NC(=O)c4cc(NC(=O)C(CCCCN)NC(=O)C(N)Cc5c[nH]c6ccccc56)ccc4OC)ccc3OC)ccc2OC)cc1C(N)=O. The number of nitrogens with one attached hydrogen (secondary N) is 9. The molecule has 1 aromatic heterocycles. The average Bonchev–Trinajstić information content (AvgIpc) is 1.22. The number of carbonyl (C=O) groups excluding carboxylic acids is 9. The van der Waals surface area contributed by atoms with Crippen LogP contribution in [0.1, 0.15) is 124 Å². The van der Waals surface area contributed by atoms with Gasteiger partial charge in [0, 0.05) is 39.8 Å². The first-order valence-corrected chi connectivity index (χ1v) is 31.4. The van der Waals surface area contributed by atoms with Gasteiger partial charge in [-0.25, -0.2) is 0 Å². The summed E-state index contributed by atoms with van der Waals surface area (Å²) in [6.07, 6.45) is 6.62. The Morgan fingerprint density at radius 3 is 1.05 bits per heavy atom. The number of hydrogen-bond acceptors (Lipinski definition) is 18. The molecule has 0 bridgehead atoms. The van der Waals surface area contributed by atoms with Crippen molar-refractivity contribution in [1.82, 2.24) is 26.3 Å². The van der Waals surface area contributed by atoms with E-state index in [0.29, 0.717) is 77.5 Å². The van der Waals surface area contributed by atoms with Crippen molar-refractivity contribution in [3.63, 3.8) is 0 Å². The van der Waals surface area contributed by atoms with E-state index in [0.717, 1.165) is 16.5 Å². The number of aromatic amines is 1. The standard InChI is InChI=1S/C67H89N15O13/c1-92-55-25-21-40(34-45(55)59(73)83)75-64(88)51(17-7-11-29-68)79-60(84)46-35-41(22-26-56(46)93-2)76-65(89)52(18-8-12-30-69)80-61(85)47-36-42(23-27-57(47)94-3)77-66(90)53(19-9-13-31-70)81-62(86)48-37-43(24-28-58(48)95-4)78-67(91)54(20-10-14-32-71)82-63(87)49(72)33-39-38-74-50-16-6-5-15-44(39)50/h5-6,15-16,21-28,34-38,49,51-54,74H,7-14,17-20,29-33,68-72H2,1-4H3,(H2,73,83)(H,75,88)(H,76,89)(H,77,90)(H,78,91)(H,79,84)(H,80,85)(H,81,86)(H,82,87). The van der Waals surface area contributed by atoms with Crippen molar-refractivity contribution >= 4 is 86.8 Å². The molecule has 21 N–H and O–H groups in total. The molecule has 0 aliphatic carbocycles. The Kier molecular flexibility index (Phi) is 29.2. The molecule has 5 aromatic carbocycles. The molecule has 0 fully saturated rings. The van der Waals surface area contributed by atoms with Gasteiger partial charge in [0.05, 0.1) is 56.7 Å². The Hall–Kier alpha value is -10.1. The topological polar surface area (TPSA) is 459 Å². The normalized spacial score (nSPS) is 12.6. The summed E-state index contributed by atoms with van der Waals surface area (Å²) in [5.41, 5.74) is 37.4. The summed E-state index contributed by atoms with van der Waals surface area (Å²) < 4.78 is 21.9. The number of ether oxygens (including phenoxy) is 4. The van der Waals surface area contributed by atoms with Crippen molar-refractivity contribution in [1.29, 1.82) is 0 Å². The average molecular weight is 1310 g/mol. The van der Waals surface area contributed by atoms with Gasteiger partial charge in [0.25, 0.3) is 23.6 Å². The summed E-state index contributed by atoms with van der Waals surface area (Å²) in [5.74, 6) is -5.55. The molecular weight excluding hydrogens is 1220 g/mol. The van der Waals surface area contributed by atoms with E-state index in [4.69, 9.17) is 53.3 Å². The first kappa shape index (κ1) is 73.9. The molecule has 510 valence electrons. The van der Waals surface area contributed by atoms with Crippen LogP contribution in [0, 0.1) is 0 Å². The van der Waals surface area contributed by atoms with Crippen molar-refractivity contribution in [2.45, 2.75) is 114 Å². The quantitative estimate of drug-likeness (QED) is 0.0242. The van der Waals surface area contributed by atoms with E-state index < -0.39 is 83.4 Å². The van der Waals surface area contributed by atoms with Crippen molar-refractivity contribution in [2.24, 2.45) is 34.4 Å². The third-order valence-electron chi connectivity index (χ3n) is 15.6. The molecule has 0 saturated carbocycles. The lowest BCUT2D eigenvalue weighted by molar-refractivity contribution is -0.127. The smallest absolute Gasteiger partial charge is 0.255 e. The summed E-state index contributed by atoms with van der Waals surface area (Å²) in [6.45, 7) is 1.30. The first-order valence-electron chi connectivity index (χ1n) is 31.4. The Morgan fingerprint density at radius 1 is 0.411 bits per heavy atom. The van der Waals surface area contributed by atoms with Gasteiger partial charge < -0.3 is 101 Å². The molecule has 95 heavy (non-hydrogen) atoms. The van der Waals surface area contributed by atoms with Crippen LogP contribution in [-0.2, 0) is 30.4 Å². The number of hydrogen-bond donors (Lipinski definition) is 15. The Morgan fingerprint density at radius 2 is 0.726 bits per heavy atom. The second-order valence-corrected chi connectivity index (χ2v) is 22.4. The number of para-hydroxylation sites is 1. The maximum Gasteiger partial charge on any atom is 0.255 e. The zero-order chi connectivity index (χ0) is 69.0. The van der Waals surface area contributed by atoms with Gasteiger partial charge in [-0.05, 0) is 194 Å². The third kappa shape index (κ3) is 21.5. The number of rotatable bonds is 39. The van der Waals surface area contributed by atoms with E-state index in [1.165, 1.54) is 101 Å². The fraction of sp³-hybridized carbons (Fsp3) is 0.388. The van der Waals surface area contributed by atoms with Gasteiger partial charge in [-0.1, -0.05) is 18.2 Å². The number of carbonyl (C=O) groups is 9. The maximum atomic E-state index is 14.4. The second-order valence-electron chi connectivity index (χ2n) is 22.4. The molecule has 0 saturated heterocycles. The maximum absolute atomic E-state index is 14.4. The van der Waals surface area contributed by atoms with Crippen molar-refractivity contribution in [3.8, 4) is 23.0 Å². The number of primary amides is 1. The van der Waals surface area contributed by atoms with E-state index in [9.17, 15) is 43.2 Å². The van der Waals surface area contributed by atoms with Gasteiger partial charge in [0.2, 0.25) is 29.5 Å². The molecule has 0 radical (unpaired) electrons. The fourth-order valence-electron chi connectivity index (χ4n) is 10.4. The van der Waals surface area contributed by atoms with Crippen LogP contribution >= 0.6 is 0 Å². The third-order valence-corrected chi connectivity index (χ3v) is 15.6. The van der Waals surface area contributed by atoms with Gasteiger partial charge in [0.15, 0.2) is 0 Å². The van der Waals surface area contributed by atoms with E-state index in [-0.39, 0.29) is 100 Å². The number of aromatic nitrogens is 1. The predicted octanol–water partition coefficient (Wildman–Crippen LogP) is 4.02. The zero-order valence-corrected chi connectivity index (χ0v) is 54.0. The van der Waals surface area contributed by atoms with Crippen LogP contribution in [-0.4, -0.2) is 143 Å². The van der Waals surface area contributed by atoms with Crippen molar-refractivity contribution in [3.05, 3.63) is 131 Å². The van der Waals surface area contributed by atoms with E-state index in [1.807, 2.05) is 24.3 Å². The Labute approximate surface area is 551 Å². The van der Waals surface area contributed by atoms with Crippen LogP contribution in [0.5, 0.6) is 23.0 Å². The van der Waals surface area contributed by atoms with Gasteiger partial charge in [0.1, 0.15) is 47.2 Å². The van der Waals surface area contributed by atoms with Crippen LogP contribution in [0.15, 0.2) is 103 Å². The number of amides is 9. The molecule has 0 aliphatic rings. The number of anilines is 4. The predicted molar refractivity (Wildman–Crippen MR) is 362 cm³/mol. The van der Waals surface area contributed by atoms with Gasteiger partial charge in [-0.3, -0.25) is 43.2 Å². The highest BCUT2D eigenvalue weighted by atomic mass is 16.5. The van der Waals surface area contributed by atoms with Crippen molar-refractivity contribution < 1.29 is 62.1 Å². The monoisotopic (exact) mass is 1310 g/mol. The van der Waals surface area contributed by atoms with E-state index in [2.05, 4.69) is 47.5 Å². The van der Waals surface area contributed by atoms with E-state index >= 15 is 0 Å². The largest absolute Gasteiger partial charge is 0.496 e. The molecule has 28 heteroatoms. The second kappa shape index (κ2) is 37.5. The molecule has 5 atom stereocenters. The summed E-state index contributed by atoms with van der Waals surface area (Å²) in [4.78, 5) is 128. The van der Waals surface area contributed by atoms with Gasteiger partial charge in [-0.15, -0.1) is 0 Å². The number of methoxy groups -OCH3 is 4. The van der Waals surface area contributed by atoms with Crippen LogP contribution in [0.2, 0.25) is 0 Å². The lowest BCUT2D eigenvalue weighted by atomic mass is 10.0. The fourth-order valence-corrected chi connectivity index (χ4v) is 10.4. The minimum absolute atomic E-state index is 0.0278. The summed E-state index contributed by atoms with van der Waals surface area (Å²) in [7, 11) is 5.41. The molecular formula is C67H89N15O13. The molecule has 9 amide bonds. The van der Waals surface area contributed by atoms with Gasteiger partial charge >= 0.3 is 0 Å². The Balaban J connectivity index is 1.16. The van der Waals surface area contributed by atoms with Gasteiger partial charge in [-0.2, -0.15) is 0 Å². The number of benzene rings is 5. The summed E-state index contributed by atoms with van der Waals surface area (Å²) in [6, 6.07) is 19.5. The number of nitrogens with two attached hydrogens (primary N) is 6. The minimum Gasteiger partial charge on any atom is -0.496 e. The zero-order valence-electron chi connectivity index (χ0n) is 54.0. The number of H-pyrrole nitrogens is 1. The molecule has 5 unspecified atom stereocenters. The lowest BCUT2D eigenvalue weighted by Crippen LogP contribution is -2.50. The molecule has 6 aromatic rings. The Bertz CT molecular complexity index is 3640. The van der Waals surface area contributed by atoms with Crippen molar-refractivity contribution in [2.75, 3.05) is 75.9 Å². The molecule has 0 aliphatic heterocycles. The number of fused-ring (bicyclic) bond motifs is 1. The highest BCUT2D eigenvalue weighted by molar-refractivity contribution is 6.08. The molecule has 0 spiro atoms. The lowest BCUT2D eigenvalue weighted by Gasteiger charge is -2.22.